The monoisotopic (exact) mass is 283 g/mol. The molecule has 104 valence electrons. The number of hydrogen-bond donors (Lipinski definition) is 0. The molecule has 0 amide bonds. The smallest absolute Gasteiger partial charge is 0.325 e. The van der Waals surface area contributed by atoms with Crippen LogP contribution < -0.4 is 4.74 Å². The van der Waals surface area contributed by atoms with E-state index in [2.05, 4.69) is 16.0 Å². The SMILES string of the molecule is C=C(C)c1cc(OC)ccc1C(C)=NOS(C)(=O)=O. The van der Waals surface area contributed by atoms with Gasteiger partial charge in [-0.3, -0.25) is 4.28 Å². The summed E-state index contributed by atoms with van der Waals surface area (Å²) in [6.07, 6.45) is 0.942. The average molecular weight is 283 g/mol. The normalized spacial score (nSPS) is 12.1. The Morgan fingerprint density at radius 1 is 1.26 bits per heavy atom. The van der Waals surface area contributed by atoms with Crippen molar-refractivity contribution in [2.45, 2.75) is 13.8 Å². The lowest BCUT2D eigenvalue weighted by Crippen LogP contribution is -2.04. The molecule has 0 saturated heterocycles. The van der Waals surface area contributed by atoms with Gasteiger partial charge in [0.05, 0.1) is 19.1 Å². The Morgan fingerprint density at radius 3 is 2.37 bits per heavy atom. The van der Waals surface area contributed by atoms with E-state index in [1.165, 1.54) is 0 Å². The number of allylic oxidation sites excluding steroid dienone is 1. The minimum Gasteiger partial charge on any atom is -0.497 e. The van der Waals surface area contributed by atoms with Crippen LogP contribution in [0.4, 0.5) is 0 Å². The summed E-state index contributed by atoms with van der Waals surface area (Å²) in [6, 6.07) is 5.37. The van der Waals surface area contributed by atoms with Crippen LogP contribution in [0.2, 0.25) is 0 Å². The number of hydrogen-bond acceptors (Lipinski definition) is 5. The highest BCUT2D eigenvalue weighted by Crippen LogP contribution is 2.24. The Balaban J connectivity index is 3.22. The van der Waals surface area contributed by atoms with Gasteiger partial charge in [-0.1, -0.05) is 17.3 Å². The third-order valence-electron chi connectivity index (χ3n) is 2.39. The Labute approximate surface area is 113 Å². The summed E-state index contributed by atoms with van der Waals surface area (Å²) in [5, 5.41) is 3.61. The molecule has 6 heteroatoms. The van der Waals surface area contributed by atoms with Crippen LogP contribution in [0.1, 0.15) is 25.0 Å². The van der Waals surface area contributed by atoms with Gasteiger partial charge in [0.15, 0.2) is 0 Å². The van der Waals surface area contributed by atoms with Gasteiger partial charge in [-0.05, 0) is 37.6 Å². The van der Waals surface area contributed by atoms with E-state index >= 15 is 0 Å². The van der Waals surface area contributed by atoms with Gasteiger partial charge in [0, 0.05) is 5.56 Å². The van der Waals surface area contributed by atoms with Gasteiger partial charge in [0.2, 0.25) is 0 Å². The van der Waals surface area contributed by atoms with Crippen molar-refractivity contribution in [2.24, 2.45) is 5.16 Å². The molecule has 0 aromatic heterocycles. The summed E-state index contributed by atoms with van der Waals surface area (Å²) in [6.45, 7) is 7.40. The van der Waals surface area contributed by atoms with Crippen LogP contribution in [-0.2, 0) is 14.4 Å². The summed E-state index contributed by atoms with van der Waals surface area (Å²) in [4.78, 5) is 0. The zero-order chi connectivity index (χ0) is 14.6. The van der Waals surface area contributed by atoms with Crippen LogP contribution in [0.15, 0.2) is 29.9 Å². The molecule has 0 saturated carbocycles. The molecule has 0 radical (unpaired) electrons. The van der Waals surface area contributed by atoms with Crippen LogP contribution in [0.25, 0.3) is 5.57 Å². The molecule has 0 unspecified atom stereocenters. The predicted molar refractivity (Wildman–Crippen MR) is 75.8 cm³/mol. The van der Waals surface area contributed by atoms with Crippen molar-refractivity contribution in [1.29, 1.82) is 0 Å². The molecule has 1 rings (SSSR count). The second-order valence-corrected chi connectivity index (χ2v) is 5.70. The second kappa shape index (κ2) is 5.88. The van der Waals surface area contributed by atoms with E-state index in [-0.39, 0.29) is 0 Å². The maximum Gasteiger partial charge on any atom is 0.325 e. The fourth-order valence-electron chi connectivity index (χ4n) is 1.49. The number of oxime groups is 1. The third kappa shape index (κ3) is 4.40. The lowest BCUT2D eigenvalue weighted by molar-refractivity contribution is 0.343. The summed E-state index contributed by atoms with van der Waals surface area (Å²) in [5.41, 5.74) is 2.85. The molecule has 0 N–H and O–H groups in total. The number of rotatable bonds is 5. The number of ether oxygens (including phenoxy) is 1. The van der Waals surface area contributed by atoms with Crippen molar-refractivity contribution < 1.29 is 17.4 Å². The predicted octanol–water partition coefficient (Wildman–Crippen LogP) is 2.43. The van der Waals surface area contributed by atoms with E-state index in [0.29, 0.717) is 11.5 Å². The highest BCUT2D eigenvalue weighted by atomic mass is 32.2. The Kier molecular flexibility index (Phi) is 4.72. The molecule has 0 aliphatic rings. The number of nitrogens with zero attached hydrogens (tertiary/aromatic N) is 1. The molecule has 0 atom stereocenters. The summed E-state index contributed by atoms with van der Waals surface area (Å²) >= 11 is 0. The Bertz CT molecular complexity index is 618. The van der Waals surface area contributed by atoms with Crippen LogP contribution in [-0.4, -0.2) is 27.5 Å². The van der Waals surface area contributed by atoms with Gasteiger partial charge in [0.1, 0.15) is 5.75 Å². The molecule has 19 heavy (non-hydrogen) atoms. The summed E-state index contributed by atoms with van der Waals surface area (Å²) in [5.74, 6) is 0.693. The molecule has 0 spiro atoms. The molecule has 1 aromatic carbocycles. The van der Waals surface area contributed by atoms with Crippen LogP contribution in [0.3, 0.4) is 0 Å². The van der Waals surface area contributed by atoms with Gasteiger partial charge in [0.25, 0.3) is 0 Å². The van der Waals surface area contributed by atoms with Crippen molar-refractivity contribution in [1.82, 2.24) is 0 Å². The number of benzene rings is 1. The van der Waals surface area contributed by atoms with E-state index in [1.54, 1.807) is 26.2 Å². The summed E-state index contributed by atoms with van der Waals surface area (Å²) < 4.78 is 31.4. The third-order valence-corrected chi connectivity index (χ3v) is 2.73. The first kappa shape index (κ1) is 15.2. The summed E-state index contributed by atoms with van der Waals surface area (Å²) in [7, 11) is -2.03. The molecule has 0 aliphatic heterocycles. The second-order valence-electron chi connectivity index (χ2n) is 4.15. The fraction of sp³-hybridized carbons (Fsp3) is 0.308. The number of methoxy groups -OCH3 is 1. The quantitative estimate of drug-likeness (QED) is 0.615. The maximum absolute atomic E-state index is 10.9. The van der Waals surface area contributed by atoms with E-state index in [4.69, 9.17) is 4.74 Å². The minimum absolute atomic E-state index is 0.450. The van der Waals surface area contributed by atoms with Gasteiger partial charge in [-0.15, -0.1) is 0 Å². The van der Waals surface area contributed by atoms with Crippen LogP contribution >= 0.6 is 0 Å². The van der Waals surface area contributed by atoms with Crippen molar-refractivity contribution in [3.63, 3.8) is 0 Å². The molecular weight excluding hydrogens is 266 g/mol. The highest BCUT2D eigenvalue weighted by Gasteiger charge is 2.10. The first-order valence-corrected chi connectivity index (χ1v) is 7.33. The van der Waals surface area contributed by atoms with E-state index in [9.17, 15) is 8.42 Å². The molecule has 1 aromatic rings. The van der Waals surface area contributed by atoms with Crippen molar-refractivity contribution in [2.75, 3.05) is 13.4 Å². The average Bonchev–Trinajstić information content (AvgIpc) is 2.34. The van der Waals surface area contributed by atoms with E-state index in [0.717, 1.165) is 23.0 Å². The van der Waals surface area contributed by atoms with Crippen molar-refractivity contribution >= 4 is 21.4 Å². The van der Waals surface area contributed by atoms with Crippen LogP contribution in [0.5, 0.6) is 5.75 Å². The molecule has 0 bridgehead atoms. The zero-order valence-corrected chi connectivity index (χ0v) is 12.2. The van der Waals surface area contributed by atoms with Crippen molar-refractivity contribution in [3.05, 3.63) is 35.9 Å². The highest BCUT2D eigenvalue weighted by molar-refractivity contribution is 7.85. The maximum atomic E-state index is 10.9. The zero-order valence-electron chi connectivity index (χ0n) is 11.4. The topological polar surface area (TPSA) is 65.0 Å². The molecule has 0 heterocycles. The van der Waals surface area contributed by atoms with Crippen LogP contribution in [0, 0.1) is 0 Å². The lowest BCUT2D eigenvalue weighted by Gasteiger charge is -2.10. The molecule has 5 nitrogen and oxygen atoms in total. The fourth-order valence-corrected chi connectivity index (χ4v) is 1.74. The van der Waals surface area contributed by atoms with Crippen molar-refractivity contribution in [3.8, 4) is 5.75 Å². The van der Waals surface area contributed by atoms with Gasteiger partial charge >= 0.3 is 10.1 Å². The van der Waals surface area contributed by atoms with Gasteiger partial charge in [-0.2, -0.15) is 8.42 Å². The van der Waals surface area contributed by atoms with E-state index < -0.39 is 10.1 Å². The Morgan fingerprint density at radius 2 is 1.89 bits per heavy atom. The molecular formula is C13H17NO4S. The van der Waals surface area contributed by atoms with E-state index in [1.807, 2.05) is 13.0 Å². The molecule has 0 fully saturated rings. The van der Waals surface area contributed by atoms with Gasteiger partial charge < -0.3 is 4.74 Å². The standard InChI is InChI=1S/C13H17NO4S/c1-9(2)13-8-11(17-4)6-7-12(13)10(3)14-18-19(5,15)16/h6-8H,1H2,2-5H3. The first-order valence-electron chi connectivity index (χ1n) is 5.52. The first-order chi connectivity index (χ1) is 8.74. The Hall–Kier alpha value is -1.82. The minimum atomic E-state index is -3.61. The molecule has 0 aliphatic carbocycles. The van der Waals surface area contributed by atoms with Gasteiger partial charge in [-0.25, -0.2) is 0 Å². The largest absolute Gasteiger partial charge is 0.497 e. The lowest BCUT2D eigenvalue weighted by atomic mass is 9.98.